The lowest BCUT2D eigenvalue weighted by molar-refractivity contribution is -0.109. The van der Waals surface area contributed by atoms with E-state index in [-0.39, 0.29) is 10.9 Å². The molecule has 1 rings (SSSR count). The van der Waals surface area contributed by atoms with Crippen molar-refractivity contribution in [3.63, 3.8) is 0 Å². The van der Waals surface area contributed by atoms with Gasteiger partial charge in [-0.15, -0.1) is 0 Å². The fourth-order valence-corrected chi connectivity index (χ4v) is 1.70. The number of halogens is 2. The summed E-state index contributed by atoms with van der Waals surface area (Å²) in [5.41, 5.74) is 0.607. The Balaban J connectivity index is 2.53. The van der Waals surface area contributed by atoms with Crippen LogP contribution in [0.2, 0.25) is 5.02 Å². The molecule has 1 aromatic rings. The summed E-state index contributed by atoms with van der Waals surface area (Å²) in [5.74, 6) is 6.02. The van der Waals surface area contributed by atoms with Crippen LogP contribution < -0.4 is 0 Å². The molecule has 0 N–H and O–H groups in total. The van der Waals surface area contributed by atoms with Gasteiger partial charge in [-0.05, 0) is 18.2 Å². The molecule has 0 spiro atoms. The maximum atomic E-state index is 12.7. The van der Waals surface area contributed by atoms with E-state index in [1.165, 1.54) is 30.8 Å². The fourth-order valence-electron chi connectivity index (χ4n) is 0.994. The van der Waals surface area contributed by atoms with Gasteiger partial charge in [0.1, 0.15) is 5.82 Å². The van der Waals surface area contributed by atoms with Gasteiger partial charge in [-0.3, -0.25) is 4.79 Å². The molecular formula is C12H10ClFOS. The third-order valence-corrected chi connectivity index (χ3v) is 2.81. The molecule has 0 aliphatic heterocycles. The summed E-state index contributed by atoms with van der Waals surface area (Å²) in [6, 6.07) is 4.10. The molecule has 0 saturated carbocycles. The van der Waals surface area contributed by atoms with Crippen molar-refractivity contribution < 1.29 is 9.18 Å². The molecule has 0 amide bonds. The van der Waals surface area contributed by atoms with Gasteiger partial charge in [0, 0.05) is 24.7 Å². The van der Waals surface area contributed by atoms with Gasteiger partial charge < -0.3 is 0 Å². The highest BCUT2D eigenvalue weighted by Gasteiger charge is 1.98. The predicted octanol–water partition coefficient (Wildman–Crippen LogP) is 3.50. The summed E-state index contributed by atoms with van der Waals surface area (Å²) < 4.78 is 12.7. The Labute approximate surface area is 103 Å². The summed E-state index contributed by atoms with van der Waals surface area (Å²) in [5, 5.41) is 0.397. The second kappa shape index (κ2) is 6.57. The maximum absolute atomic E-state index is 12.7. The molecule has 1 nitrogen and oxygen atoms in total. The van der Waals surface area contributed by atoms with Crippen molar-refractivity contribution in [2.75, 3.05) is 5.75 Å². The lowest BCUT2D eigenvalue weighted by Crippen LogP contribution is -1.84. The van der Waals surface area contributed by atoms with Crippen LogP contribution in [-0.4, -0.2) is 10.9 Å². The molecule has 0 unspecified atom stereocenters. The summed E-state index contributed by atoms with van der Waals surface area (Å²) >= 11 is 7.03. The van der Waals surface area contributed by atoms with Crippen molar-refractivity contribution in [3.05, 3.63) is 34.6 Å². The van der Waals surface area contributed by atoms with E-state index in [1.807, 2.05) is 0 Å². The number of thioether (sulfide) groups is 1. The Morgan fingerprint density at radius 3 is 2.94 bits per heavy atom. The van der Waals surface area contributed by atoms with E-state index in [9.17, 15) is 9.18 Å². The molecule has 0 aliphatic carbocycles. The van der Waals surface area contributed by atoms with Gasteiger partial charge >= 0.3 is 0 Å². The van der Waals surface area contributed by atoms with Crippen molar-refractivity contribution in [2.45, 2.75) is 13.3 Å². The molecular weight excluding hydrogens is 247 g/mol. The Kier molecular flexibility index (Phi) is 5.37. The first-order chi connectivity index (χ1) is 7.59. The minimum Gasteiger partial charge on any atom is -0.288 e. The van der Waals surface area contributed by atoms with Crippen molar-refractivity contribution in [1.82, 2.24) is 0 Å². The highest BCUT2D eigenvalue weighted by Crippen LogP contribution is 2.15. The average Bonchev–Trinajstić information content (AvgIpc) is 2.20. The molecule has 0 fully saturated rings. The van der Waals surface area contributed by atoms with Crippen molar-refractivity contribution in [2.24, 2.45) is 0 Å². The van der Waals surface area contributed by atoms with Gasteiger partial charge in [0.15, 0.2) is 5.12 Å². The third-order valence-electron chi connectivity index (χ3n) is 1.69. The minimum atomic E-state index is -0.373. The molecule has 0 heterocycles. The molecule has 0 saturated heterocycles. The van der Waals surface area contributed by atoms with Gasteiger partial charge in [0.25, 0.3) is 0 Å². The molecule has 4 heteroatoms. The van der Waals surface area contributed by atoms with Crippen molar-refractivity contribution >= 4 is 28.5 Å². The zero-order valence-corrected chi connectivity index (χ0v) is 10.3. The molecule has 84 valence electrons. The van der Waals surface area contributed by atoms with Crippen LogP contribution in [0.1, 0.15) is 18.9 Å². The quantitative estimate of drug-likeness (QED) is 0.595. The summed E-state index contributed by atoms with van der Waals surface area (Å²) in [7, 11) is 0. The molecule has 1 aromatic carbocycles. The fraction of sp³-hybridized carbons (Fsp3) is 0.250. The number of rotatable bonds is 2. The van der Waals surface area contributed by atoms with E-state index >= 15 is 0 Å². The molecule has 0 aromatic heterocycles. The van der Waals surface area contributed by atoms with E-state index in [2.05, 4.69) is 11.8 Å². The lowest BCUT2D eigenvalue weighted by atomic mass is 10.2. The van der Waals surface area contributed by atoms with Crippen LogP contribution in [0.4, 0.5) is 4.39 Å². The third kappa shape index (κ3) is 4.69. The van der Waals surface area contributed by atoms with E-state index in [0.717, 1.165) is 0 Å². The Hall–Kier alpha value is -0.980. The van der Waals surface area contributed by atoms with E-state index in [4.69, 9.17) is 11.6 Å². The predicted molar refractivity (Wildman–Crippen MR) is 66.0 cm³/mol. The molecule has 16 heavy (non-hydrogen) atoms. The highest BCUT2D eigenvalue weighted by atomic mass is 35.5. The van der Waals surface area contributed by atoms with E-state index in [1.54, 1.807) is 6.07 Å². The second-order valence-corrected chi connectivity index (χ2v) is 4.70. The van der Waals surface area contributed by atoms with Crippen LogP contribution in [-0.2, 0) is 4.79 Å². The van der Waals surface area contributed by atoms with Crippen LogP contribution in [0, 0.1) is 17.7 Å². The number of hydrogen-bond acceptors (Lipinski definition) is 2. The Morgan fingerprint density at radius 1 is 1.56 bits per heavy atom. The number of carbonyl (C=O) groups excluding carboxylic acids is 1. The van der Waals surface area contributed by atoms with Gasteiger partial charge in [0.05, 0.1) is 5.02 Å². The minimum absolute atomic E-state index is 0.0848. The van der Waals surface area contributed by atoms with Crippen LogP contribution in [0.25, 0.3) is 0 Å². The molecule has 0 atom stereocenters. The second-order valence-electron chi connectivity index (χ2n) is 3.02. The van der Waals surface area contributed by atoms with Crippen molar-refractivity contribution in [3.8, 4) is 11.8 Å². The largest absolute Gasteiger partial charge is 0.288 e. The van der Waals surface area contributed by atoms with Crippen LogP contribution in [0.15, 0.2) is 18.2 Å². The first-order valence-corrected chi connectivity index (χ1v) is 6.03. The van der Waals surface area contributed by atoms with Crippen LogP contribution >= 0.6 is 23.4 Å². The maximum Gasteiger partial charge on any atom is 0.185 e. The van der Waals surface area contributed by atoms with Crippen LogP contribution in [0.3, 0.4) is 0 Å². The Morgan fingerprint density at radius 2 is 2.31 bits per heavy atom. The average molecular weight is 257 g/mol. The monoisotopic (exact) mass is 256 g/mol. The smallest absolute Gasteiger partial charge is 0.185 e. The normalized spacial score (nSPS) is 9.44. The first kappa shape index (κ1) is 13.1. The lowest BCUT2D eigenvalue weighted by Gasteiger charge is -1.94. The van der Waals surface area contributed by atoms with Crippen LogP contribution in [0.5, 0.6) is 0 Å². The molecule has 0 radical (unpaired) electrons. The summed E-state index contributed by atoms with van der Waals surface area (Å²) in [4.78, 5) is 10.6. The van der Waals surface area contributed by atoms with Gasteiger partial charge in [-0.25, -0.2) is 4.39 Å². The first-order valence-electron chi connectivity index (χ1n) is 4.67. The zero-order valence-electron chi connectivity index (χ0n) is 8.72. The van der Waals surface area contributed by atoms with E-state index in [0.29, 0.717) is 22.8 Å². The summed E-state index contributed by atoms with van der Waals surface area (Å²) in [6.45, 7) is 1.52. The van der Waals surface area contributed by atoms with Gasteiger partial charge in [-0.2, -0.15) is 0 Å². The van der Waals surface area contributed by atoms with Crippen molar-refractivity contribution in [1.29, 1.82) is 0 Å². The SMILES string of the molecule is CC(=O)SCCC#Cc1ccc(F)cc1Cl. The Bertz CT molecular complexity index is 448. The molecule has 0 bridgehead atoms. The number of hydrogen-bond donors (Lipinski definition) is 0. The van der Waals surface area contributed by atoms with E-state index < -0.39 is 0 Å². The number of carbonyl (C=O) groups is 1. The van der Waals surface area contributed by atoms with Gasteiger partial charge in [-0.1, -0.05) is 35.2 Å². The number of benzene rings is 1. The highest BCUT2D eigenvalue weighted by molar-refractivity contribution is 8.13. The van der Waals surface area contributed by atoms with Gasteiger partial charge in [0.2, 0.25) is 0 Å². The zero-order chi connectivity index (χ0) is 12.0. The summed E-state index contributed by atoms with van der Waals surface area (Å²) in [6.07, 6.45) is 0.609. The molecule has 0 aliphatic rings. The topological polar surface area (TPSA) is 17.1 Å². The standard InChI is InChI=1S/C12H10ClFOS/c1-9(15)16-7-3-2-4-10-5-6-11(14)8-12(10)13/h5-6,8H,3,7H2,1H3.